The number of nitro groups is 1. The second-order valence-electron chi connectivity index (χ2n) is 5.03. The van der Waals surface area contributed by atoms with Crippen LogP contribution < -0.4 is 5.32 Å². The maximum absolute atomic E-state index is 11.3. The van der Waals surface area contributed by atoms with Crippen LogP contribution in [0.3, 0.4) is 0 Å². The van der Waals surface area contributed by atoms with E-state index in [1.165, 1.54) is 12.8 Å². The molecule has 0 radical (unpaired) electrons. The summed E-state index contributed by atoms with van der Waals surface area (Å²) in [5, 5.41) is 19.5. The summed E-state index contributed by atoms with van der Waals surface area (Å²) in [5.74, 6) is 1.65. The SMILES string of the molecule is CCSC1CCCC1Nc1c([N+](=O)[O-])c(C)nn1CC. The molecule has 1 aromatic heterocycles. The van der Waals surface area contributed by atoms with Crippen LogP contribution in [0.15, 0.2) is 0 Å². The maximum atomic E-state index is 11.3. The average molecular weight is 298 g/mol. The van der Waals surface area contributed by atoms with Gasteiger partial charge in [-0.05, 0) is 32.4 Å². The summed E-state index contributed by atoms with van der Waals surface area (Å²) >= 11 is 1.94. The van der Waals surface area contributed by atoms with Crippen molar-refractivity contribution in [2.45, 2.75) is 57.9 Å². The molecule has 2 unspecified atom stereocenters. The molecular formula is C13H22N4O2S. The molecule has 1 fully saturated rings. The van der Waals surface area contributed by atoms with E-state index in [0.29, 0.717) is 29.3 Å². The van der Waals surface area contributed by atoms with Gasteiger partial charge in [0.2, 0.25) is 5.82 Å². The molecule has 0 saturated heterocycles. The van der Waals surface area contributed by atoms with Gasteiger partial charge in [-0.1, -0.05) is 13.3 Å². The zero-order valence-electron chi connectivity index (χ0n) is 12.3. The minimum atomic E-state index is -0.326. The number of hydrogen-bond acceptors (Lipinski definition) is 5. The Labute approximate surface area is 123 Å². The monoisotopic (exact) mass is 298 g/mol. The van der Waals surface area contributed by atoms with Crippen molar-refractivity contribution in [2.24, 2.45) is 0 Å². The predicted molar refractivity (Wildman–Crippen MR) is 82.5 cm³/mol. The Bertz CT molecular complexity index is 489. The Kier molecular flexibility index (Phi) is 4.91. The van der Waals surface area contributed by atoms with E-state index in [2.05, 4.69) is 17.3 Å². The molecule has 0 aromatic carbocycles. The molecule has 7 heteroatoms. The summed E-state index contributed by atoms with van der Waals surface area (Å²) < 4.78 is 1.71. The summed E-state index contributed by atoms with van der Waals surface area (Å²) in [4.78, 5) is 10.9. The van der Waals surface area contributed by atoms with Crippen molar-refractivity contribution < 1.29 is 4.92 Å². The summed E-state index contributed by atoms with van der Waals surface area (Å²) in [6.45, 7) is 6.44. The molecular weight excluding hydrogens is 276 g/mol. The molecule has 20 heavy (non-hydrogen) atoms. The van der Waals surface area contributed by atoms with Gasteiger partial charge in [0.1, 0.15) is 5.69 Å². The molecule has 1 aromatic rings. The van der Waals surface area contributed by atoms with Crippen molar-refractivity contribution in [1.82, 2.24) is 9.78 Å². The van der Waals surface area contributed by atoms with Gasteiger partial charge in [0, 0.05) is 17.8 Å². The standard InChI is InChI=1S/C13H22N4O2S/c1-4-16-13(12(17(18)19)9(3)15-16)14-10-7-6-8-11(10)20-5-2/h10-11,14H,4-8H2,1-3H3. The van der Waals surface area contributed by atoms with Crippen LogP contribution in [0.2, 0.25) is 0 Å². The van der Waals surface area contributed by atoms with Crippen molar-refractivity contribution >= 4 is 23.3 Å². The number of thioether (sulfide) groups is 1. The Hall–Kier alpha value is -1.24. The molecule has 1 saturated carbocycles. The lowest BCUT2D eigenvalue weighted by molar-refractivity contribution is -0.384. The van der Waals surface area contributed by atoms with Crippen LogP contribution in [0.1, 0.15) is 38.8 Å². The van der Waals surface area contributed by atoms with Gasteiger partial charge in [-0.2, -0.15) is 16.9 Å². The molecule has 1 heterocycles. The van der Waals surface area contributed by atoms with Gasteiger partial charge in [0.05, 0.1) is 4.92 Å². The molecule has 112 valence electrons. The smallest absolute Gasteiger partial charge is 0.333 e. The average Bonchev–Trinajstić information content (AvgIpc) is 2.95. The first-order chi connectivity index (χ1) is 9.58. The maximum Gasteiger partial charge on any atom is 0.333 e. The van der Waals surface area contributed by atoms with E-state index in [1.54, 1.807) is 11.6 Å². The highest BCUT2D eigenvalue weighted by Gasteiger charge is 2.32. The fraction of sp³-hybridized carbons (Fsp3) is 0.769. The van der Waals surface area contributed by atoms with E-state index in [4.69, 9.17) is 0 Å². The molecule has 2 atom stereocenters. The lowest BCUT2D eigenvalue weighted by Gasteiger charge is -2.21. The quantitative estimate of drug-likeness (QED) is 0.645. The van der Waals surface area contributed by atoms with Crippen LogP contribution in [-0.2, 0) is 6.54 Å². The van der Waals surface area contributed by atoms with Crippen LogP contribution in [-0.4, -0.2) is 31.7 Å². The van der Waals surface area contributed by atoms with Crippen molar-refractivity contribution in [2.75, 3.05) is 11.1 Å². The van der Waals surface area contributed by atoms with E-state index >= 15 is 0 Å². The van der Waals surface area contributed by atoms with Crippen LogP contribution in [0.25, 0.3) is 0 Å². The van der Waals surface area contributed by atoms with Crippen molar-refractivity contribution in [1.29, 1.82) is 0 Å². The van der Waals surface area contributed by atoms with Gasteiger partial charge >= 0.3 is 5.69 Å². The lowest BCUT2D eigenvalue weighted by Crippen LogP contribution is -2.28. The summed E-state index contributed by atoms with van der Waals surface area (Å²) in [6.07, 6.45) is 3.44. The number of hydrogen-bond donors (Lipinski definition) is 1. The second kappa shape index (κ2) is 6.47. The number of aryl methyl sites for hydroxylation is 2. The zero-order chi connectivity index (χ0) is 14.7. The first-order valence-electron chi connectivity index (χ1n) is 7.18. The van der Waals surface area contributed by atoms with E-state index in [9.17, 15) is 10.1 Å². The first kappa shape index (κ1) is 15.2. The van der Waals surface area contributed by atoms with Crippen LogP contribution in [0.4, 0.5) is 11.5 Å². The summed E-state index contributed by atoms with van der Waals surface area (Å²) in [5.41, 5.74) is 0.607. The van der Waals surface area contributed by atoms with E-state index < -0.39 is 0 Å². The van der Waals surface area contributed by atoms with Gasteiger partial charge in [-0.3, -0.25) is 10.1 Å². The number of nitrogens with zero attached hydrogens (tertiary/aromatic N) is 3. The molecule has 2 rings (SSSR count). The fourth-order valence-corrected chi connectivity index (χ4v) is 4.04. The highest BCUT2D eigenvalue weighted by molar-refractivity contribution is 7.99. The zero-order valence-corrected chi connectivity index (χ0v) is 13.1. The van der Waals surface area contributed by atoms with Crippen molar-refractivity contribution in [3.63, 3.8) is 0 Å². The van der Waals surface area contributed by atoms with E-state index in [0.717, 1.165) is 12.2 Å². The van der Waals surface area contributed by atoms with Gasteiger partial charge in [-0.15, -0.1) is 0 Å². The summed E-state index contributed by atoms with van der Waals surface area (Å²) in [6, 6.07) is 0.306. The van der Waals surface area contributed by atoms with Crippen molar-refractivity contribution in [3.8, 4) is 0 Å². The predicted octanol–water partition coefficient (Wildman–Crippen LogP) is 3.21. The lowest BCUT2D eigenvalue weighted by atomic mass is 10.2. The molecule has 0 spiro atoms. The third-order valence-electron chi connectivity index (χ3n) is 3.73. The Morgan fingerprint density at radius 1 is 1.50 bits per heavy atom. The van der Waals surface area contributed by atoms with Gasteiger partial charge in [0.25, 0.3) is 0 Å². The first-order valence-corrected chi connectivity index (χ1v) is 8.23. The third kappa shape index (κ3) is 2.92. The van der Waals surface area contributed by atoms with Crippen LogP contribution in [0.5, 0.6) is 0 Å². The largest absolute Gasteiger partial charge is 0.361 e. The van der Waals surface area contributed by atoms with Crippen molar-refractivity contribution in [3.05, 3.63) is 15.8 Å². The number of nitrogens with one attached hydrogen (secondary N) is 1. The molecule has 1 N–H and O–H groups in total. The topological polar surface area (TPSA) is 73.0 Å². The Morgan fingerprint density at radius 3 is 2.85 bits per heavy atom. The highest BCUT2D eigenvalue weighted by atomic mass is 32.2. The summed E-state index contributed by atoms with van der Waals surface area (Å²) in [7, 11) is 0. The molecule has 1 aliphatic rings. The number of anilines is 1. The van der Waals surface area contributed by atoms with Crippen LogP contribution >= 0.6 is 11.8 Å². The molecule has 6 nitrogen and oxygen atoms in total. The third-order valence-corrected chi connectivity index (χ3v) is 5.06. The fourth-order valence-electron chi connectivity index (χ4n) is 2.84. The number of rotatable bonds is 6. The Morgan fingerprint density at radius 2 is 2.25 bits per heavy atom. The number of aromatic nitrogens is 2. The normalized spacial score (nSPS) is 22.1. The van der Waals surface area contributed by atoms with Gasteiger partial charge < -0.3 is 5.32 Å². The molecule has 1 aliphatic carbocycles. The highest BCUT2D eigenvalue weighted by Crippen LogP contribution is 2.35. The minimum Gasteiger partial charge on any atom is -0.361 e. The van der Waals surface area contributed by atoms with Gasteiger partial charge in [-0.25, -0.2) is 4.68 Å². The molecule has 0 amide bonds. The minimum absolute atomic E-state index is 0.124. The van der Waals surface area contributed by atoms with Gasteiger partial charge in [0.15, 0.2) is 0 Å². The van der Waals surface area contributed by atoms with Crippen LogP contribution in [0, 0.1) is 17.0 Å². The molecule has 0 aliphatic heterocycles. The van der Waals surface area contributed by atoms with E-state index in [-0.39, 0.29) is 10.6 Å². The van der Waals surface area contributed by atoms with E-state index in [1.807, 2.05) is 18.7 Å². The molecule has 0 bridgehead atoms. The second-order valence-corrected chi connectivity index (χ2v) is 6.55. The Balaban J connectivity index is 2.25.